The molecule has 2 aromatic carbocycles. The number of carbonyl (C=O) groups is 1. The van der Waals surface area contributed by atoms with Crippen LogP contribution in [0.4, 0.5) is 8.78 Å². The monoisotopic (exact) mass is 276 g/mol. The fourth-order valence-corrected chi connectivity index (χ4v) is 1.82. The van der Waals surface area contributed by atoms with E-state index in [2.05, 4.69) is 0 Å². The first-order valence-corrected chi connectivity index (χ1v) is 6.35. The van der Waals surface area contributed by atoms with E-state index in [-0.39, 0.29) is 11.1 Å². The molecule has 0 atom stereocenters. The summed E-state index contributed by atoms with van der Waals surface area (Å²) in [5, 5.41) is 0. The molecular formula is C16H14F2O2. The maximum atomic E-state index is 13.7. The summed E-state index contributed by atoms with van der Waals surface area (Å²) in [6.07, 6.45) is 0.789. The summed E-state index contributed by atoms with van der Waals surface area (Å²) in [4.78, 5) is 12.3. The fourth-order valence-electron chi connectivity index (χ4n) is 1.82. The van der Waals surface area contributed by atoms with Crippen LogP contribution < -0.4 is 4.74 Å². The number of ether oxygens (including phenoxy) is 1. The Morgan fingerprint density at radius 1 is 1.05 bits per heavy atom. The first-order chi connectivity index (χ1) is 9.65. The van der Waals surface area contributed by atoms with Crippen LogP contribution in [0.5, 0.6) is 5.75 Å². The van der Waals surface area contributed by atoms with Crippen molar-refractivity contribution in [3.63, 3.8) is 0 Å². The minimum absolute atomic E-state index is 0.227. The molecular weight excluding hydrogens is 262 g/mol. The highest BCUT2D eigenvalue weighted by Crippen LogP contribution is 2.23. The zero-order chi connectivity index (χ0) is 14.5. The van der Waals surface area contributed by atoms with E-state index < -0.39 is 17.4 Å². The van der Waals surface area contributed by atoms with E-state index in [1.165, 1.54) is 18.2 Å². The number of hydrogen-bond donors (Lipinski definition) is 0. The third-order valence-corrected chi connectivity index (χ3v) is 2.79. The molecule has 0 amide bonds. The van der Waals surface area contributed by atoms with Crippen LogP contribution in [0.2, 0.25) is 0 Å². The molecule has 0 N–H and O–H groups in total. The second kappa shape index (κ2) is 6.28. The molecule has 0 aliphatic heterocycles. The Morgan fingerprint density at radius 3 is 2.50 bits per heavy atom. The molecule has 2 nitrogen and oxygen atoms in total. The van der Waals surface area contributed by atoms with E-state index >= 15 is 0 Å². The van der Waals surface area contributed by atoms with Crippen molar-refractivity contribution in [2.24, 2.45) is 0 Å². The molecule has 0 aliphatic carbocycles. The zero-order valence-corrected chi connectivity index (χ0v) is 11.0. The van der Waals surface area contributed by atoms with E-state index in [0.29, 0.717) is 12.4 Å². The lowest BCUT2D eigenvalue weighted by molar-refractivity contribution is 0.103. The van der Waals surface area contributed by atoms with Gasteiger partial charge in [-0.25, -0.2) is 8.78 Å². The first kappa shape index (κ1) is 14.2. The predicted molar refractivity (Wildman–Crippen MR) is 72.0 cm³/mol. The Balaban J connectivity index is 2.40. The minimum atomic E-state index is -1.14. The first-order valence-electron chi connectivity index (χ1n) is 6.35. The minimum Gasteiger partial charge on any atom is -0.493 e. The third kappa shape index (κ3) is 2.85. The third-order valence-electron chi connectivity index (χ3n) is 2.79. The van der Waals surface area contributed by atoms with Gasteiger partial charge in [0.05, 0.1) is 17.7 Å². The zero-order valence-electron chi connectivity index (χ0n) is 11.0. The van der Waals surface area contributed by atoms with Crippen LogP contribution in [0.15, 0.2) is 42.5 Å². The van der Waals surface area contributed by atoms with E-state index in [0.717, 1.165) is 12.5 Å². The molecule has 104 valence electrons. The molecule has 0 fully saturated rings. The Bertz CT molecular complexity index is 624. The van der Waals surface area contributed by atoms with E-state index in [1.807, 2.05) is 6.92 Å². The average Bonchev–Trinajstić information content (AvgIpc) is 2.47. The van der Waals surface area contributed by atoms with Gasteiger partial charge >= 0.3 is 0 Å². The van der Waals surface area contributed by atoms with E-state index in [9.17, 15) is 13.6 Å². The fraction of sp³-hybridized carbons (Fsp3) is 0.188. The van der Waals surface area contributed by atoms with E-state index in [1.54, 1.807) is 18.2 Å². The summed E-state index contributed by atoms with van der Waals surface area (Å²) < 4.78 is 32.3. The summed E-state index contributed by atoms with van der Waals surface area (Å²) in [7, 11) is 0. The summed E-state index contributed by atoms with van der Waals surface area (Å²) in [6, 6.07) is 10.1. The lowest BCUT2D eigenvalue weighted by atomic mass is 10.0. The van der Waals surface area contributed by atoms with Gasteiger partial charge in [-0.1, -0.05) is 25.1 Å². The van der Waals surface area contributed by atoms with Crippen molar-refractivity contribution in [2.75, 3.05) is 6.61 Å². The molecule has 0 unspecified atom stereocenters. The van der Waals surface area contributed by atoms with Crippen molar-refractivity contribution in [1.82, 2.24) is 0 Å². The largest absolute Gasteiger partial charge is 0.493 e. The smallest absolute Gasteiger partial charge is 0.199 e. The highest BCUT2D eigenvalue weighted by atomic mass is 19.2. The number of carbonyl (C=O) groups excluding carboxylic acids is 1. The van der Waals surface area contributed by atoms with Crippen molar-refractivity contribution in [2.45, 2.75) is 13.3 Å². The molecule has 0 radical (unpaired) electrons. The molecule has 0 aliphatic rings. The molecule has 2 rings (SSSR count). The van der Waals surface area contributed by atoms with Gasteiger partial charge in [-0.2, -0.15) is 0 Å². The molecule has 0 saturated carbocycles. The van der Waals surface area contributed by atoms with Crippen LogP contribution in [-0.4, -0.2) is 12.4 Å². The second-order valence-corrected chi connectivity index (χ2v) is 4.28. The van der Waals surface area contributed by atoms with Crippen molar-refractivity contribution in [3.05, 3.63) is 65.2 Å². The lowest BCUT2D eigenvalue weighted by Crippen LogP contribution is -2.08. The van der Waals surface area contributed by atoms with Crippen molar-refractivity contribution < 1.29 is 18.3 Å². The number of rotatable bonds is 5. The standard InChI is InChI=1S/C16H14F2O2/c1-2-10-20-14-9-4-3-6-11(14)16(19)12-7-5-8-13(17)15(12)18/h3-9H,2,10H2,1H3. The van der Waals surface area contributed by atoms with E-state index in [4.69, 9.17) is 4.74 Å². The SMILES string of the molecule is CCCOc1ccccc1C(=O)c1cccc(F)c1F. The predicted octanol–water partition coefficient (Wildman–Crippen LogP) is 3.98. The van der Waals surface area contributed by atoms with Crippen LogP contribution in [0.3, 0.4) is 0 Å². The summed E-state index contributed by atoms with van der Waals surface area (Å²) >= 11 is 0. The van der Waals surface area contributed by atoms with Gasteiger partial charge in [-0.05, 0) is 30.7 Å². The second-order valence-electron chi connectivity index (χ2n) is 4.28. The van der Waals surface area contributed by atoms with Crippen molar-refractivity contribution in [1.29, 1.82) is 0 Å². The van der Waals surface area contributed by atoms with Crippen molar-refractivity contribution >= 4 is 5.78 Å². The molecule has 20 heavy (non-hydrogen) atoms. The van der Waals surface area contributed by atoms with Crippen LogP contribution in [0.1, 0.15) is 29.3 Å². The molecule has 2 aromatic rings. The van der Waals surface area contributed by atoms with Gasteiger partial charge in [0.1, 0.15) is 5.75 Å². The molecule has 0 aromatic heterocycles. The Labute approximate surface area is 116 Å². The van der Waals surface area contributed by atoms with Gasteiger partial charge in [-0.15, -0.1) is 0 Å². The highest BCUT2D eigenvalue weighted by Gasteiger charge is 2.19. The maximum absolute atomic E-state index is 13.7. The van der Waals surface area contributed by atoms with Gasteiger partial charge in [0, 0.05) is 0 Å². The van der Waals surface area contributed by atoms with Crippen LogP contribution in [-0.2, 0) is 0 Å². The normalized spacial score (nSPS) is 10.3. The van der Waals surface area contributed by atoms with Crippen molar-refractivity contribution in [3.8, 4) is 5.75 Å². The average molecular weight is 276 g/mol. The summed E-state index contributed by atoms with van der Waals surface area (Å²) in [5.41, 5.74) is -0.0667. The summed E-state index contributed by atoms with van der Waals surface area (Å²) in [5.74, 6) is -2.39. The van der Waals surface area contributed by atoms with Gasteiger partial charge in [0.25, 0.3) is 0 Å². The van der Waals surface area contributed by atoms with Crippen LogP contribution in [0, 0.1) is 11.6 Å². The molecule has 4 heteroatoms. The van der Waals surface area contributed by atoms with Gasteiger partial charge in [0.2, 0.25) is 0 Å². The Hall–Kier alpha value is -2.23. The number of benzene rings is 2. The van der Waals surface area contributed by atoms with Gasteiger partial charge in [-0.3, -0.25) is 4.79 Å². The summed E-state index contributed by atoms with van der Waals surface area (Å²) in [6.45, 7) is 2.40. The molecule has 0 heterocycles. The van der Waals surface area contributed by atoms with Crippen LogP contribution >= 0.6 is 0 Å². The molecule has 0 saturated heterocycles. The topological polar surface area (TPSA) is 26.3 Å². The quantitative estimate of drug-likeness (QED) is 0.772. The Morgan fingerprint density at radius 2 is 1.75 bits per heavy atom. The molecule has 0 bridgehead atoms. The van der Waals surface area contributed by atoms with Gasteiger partial charge in [0.15, 0.2) is 17.4 Å². The van der Waals surface area contributed by atoms with Crippen LogP contribution in [0.25, 0.3) is 0 Å². The highest BCUT2D eigenvalue weighted by molar-refractivity contribution is 6.10. The number of hydrogen-bond acceptors (Lipinski definition) is 2. The maximum Gasteiger partial charge on any atom is 0.199 e. The number of para-hydroxylation sites is 1. The number of ketones is 1. The Kier molecular flexibility index (Phi) is 4.45. The molecule has 0 spiro atoms. The van der Waals surface area contributed by atoms with Gasteiger partial charge < -0.3 is 4.74 Å². The lowest BCUT2D eigenvalue weighted by Gasteiger charge is -2.10. The number of halogens is 2.